The highest BCUT2D eigenvalue weighted by atomic mass is 16.5. The molecule has 2 aliphatic heterocycles. The third kappa shape index (κ3) is 2.52. The van der Waals surface area contributed by atoms with Crippen molar-refractivity contribution < 1.29 is 23.9 Å². The van der Waals surface area contributed by atoms with E-state index in [-0.39, 0.29) is 12.8 Å². The van der Waals surface area contributed by atoms with Gasteiger partial charge in [0.1, 0.15) is 5.75 Å². The zero-order chi connectivity index (χ0) is 19.9. The summed E-state index contributed by atoms with van der Waals surface area (Å²) in [5.41, 5.74) is -3.25. The van der Waals surface area contributed by atoms with E-state index in [0.29, 0.717) is 5.75 Å². The molecule has 5 amide bonds. The maximum atomic E-state index is 13.2. The zero-order valence-electron chi connectivity index (χ0n) is 15.2. The lowest BCUT2D eigenvalue weighted by Crippen LogP contribution is -2.76. The van der Waals surface area contributed by atoms with Gasteiger partial charge in [-0.3, -0.25) is 29.9 Å². The number of hydrogen-bond donors (Lipinski definition) is 2. The Kier molecular flexibility index (Phi) is 4.06. The lowest BCUT2D eigenvalue weighted by Gasteiger charge is -2.48. The summed E-state index contributed by atoms with van der Waals surface area (Å²) >= 11 is 0. The molecule has 28 heavy (non-hydrogen) atoms. The van der Waals surface area contributed by atoms with Crippen molar-refractivity contribution in [1.82, 2.24) is 15.5 Å². The molecule has 1 aliphatic carbocycles. The fourth-order valence-corrected chi connectivity index (χ4v) is 4.04. The molecule has 0 saturated carbocycles. The Balaban J connectivity index is 1.86. The average molecular weight is 381 g/mol. The van der Waals surface area contributed by atoms with Gasteiger partial charge in [0.25, 0.3) is 11.8 Å². The number of barbiturate groups is 1. The molecule has 2 fully saturated rings. The van der Waals surface area contributed by atoms with Crippen LogP contribution in [0.1, 0.15) is 19.8 Å². The first kappa shape index (κ1) is 18.0. The molecule has 1 spiro atoms. The van der Waals surface area contributed by atoms with Gasteiger partial charge in [0, 0.05) is 18.8 Å². The summed E-state index contributed by atoms with van der Waals surface area (Å²) in [6, 6.07) is 7.96. The standard InChI is InChI=1S/C20H19N3O5/c1-13-12-20(16(25)21-18(27)22-17(20)26)23(15(13)24)19(10-6-3-7-11-19)28-14-8-4-2-5-9-14/h2-10,13H,11-12H2,1H3,(H2,21,22,25,26,27). The van der Waals surface area contributed by atoms with Gasteiger partial charge in [-0.05, 0) is 18.2 Å². The molecule has 4 rings (SSSR count). The van der Waals surface area contributed by atoms with Crippen LogP contribution >= 0.6 is 0 Å². The number of nitrogens with zero attached hydrogens (tertiary/aromatic N) is 1. The molecule has 0 aromatic heterocycles. The molecule has 2 saturated heterocycles. The number of hydrogen-bond acceptors (Lipinski definition) is 5. The highest BCUT2D eigenvalue weighted by molar-refractivity contribution is 6.24. The number of rotatable bonds is 3. The molecule has 8 heteroatoms. The summed E-state index contributed by atoms with van der Waals surface area (Å²) in [5, 5.41) is 4.26. The summed E-state index contributed by atoms with van der Waals surface area (Å²) in [6.45, 7) is 1.65. The first-order chi connectivity index (χ1) is 13.4. The number of urea groups is 1. The van der Waals surface area contributed by atoms with Crippen LogP contribution in [0.3, 0.4) is 0 Å². The van der Waals surface area contributed by atoms with Crippen LogP contribution in [0.15, 0.2) is 54.6 Å². The molecule has 2 atom stereocenters. The highest BCUT2D eigenvalue weighted by Gasteiger charge is 2.67. The Morgan fingerprint density at radius 2 is 1.71 bits per heavy atom. The summed E-state index contributed by atoms with van der Waals surface area (Å²) in [4.78, 5) is 51.8. The molecule has 8 nitrogen and oxygen atoms in total. The lowest BCUT2D eigenvalue weighted by atomic mass is 9.87. The van der Waals surface area contributed by atoms with E-state index in [4.69, 9.17) is 4.74 Å². The predicted octanol–water partition coefficient (Wildman–Crippen LogP) is 1.25. The SMILES string of the molecule is CC1CC2(C(=O)NC(=O)NC2=O)N(C2(Oc3ccccc3)C=CC=CC2)C1=O. The van der Waals surface area contributed by atoms with Crippen molar-refractivity contribution in [1.29, 1.82) is 0 Å². The minimum Gasteiger partial charge on any atom is -0.464 e. The second-order valence-electron chi connectivity index (χ2n) is 7.13. The third-order valence-corrected chi connectivity index (χ3v) is 5.26. The van der Waals surface area contributed by atoms with Crippen molar-refractivity contribution in [3.63, 3.8) is 0 Å². The van der Waals surface area contributed by atoms with Crippen LogP contribution in [0.2, 0.25) is 0 Å². The van der Waals surface area contributed by atoms with Crippen molar-refractivity contribution >= 4 is 23.8 Å². The van der Waals surface area contributed by atoms with E-state index in [1.54, 1.807) is 55.5 Å². The normalized spacial score (nSPS) is 28.5. The van der Waals surface area contributed by atoms with Gasteiger partial charge in [0.15, 0.2) is 0 Å². The number of imide groups is 2. The number of likely N-dealkylation sites (tertiary alicyclic amines) is 1. The molecule has 2 heterocycles. The van der Waals surface area contributed by atoms with Gasteiger partial charge in [-0.15, -0.1) is 0 Å². The van der Waals surface area contributed by atoms with Gasteiger partial charge in [-0.25, -0.2) is 4.79 Å². The molecule has 1 aromatic carbocycles. The van der Waals surface area contributed by atoms with E-state index in [0.717, 1.165) is 0 Å². The number of allylic oxidation sites excluding steroid dienone is 2. The first-order valence-corrected chi connectivity index (χ1v) is 8.98. The molecule has 2 N–H and O–H groups in total. The number of amides is 5. The van der Waals surface area contributed by atoms with Gasteiger partial charge >= 0.3 is 6.03 Å². The van der Waals surface area contributed by atoms with Crippen molar-refractivity contribution in [2.45, 2.75) is 31.0 Å². The predicted molar refractivity (Wildman–Crippen MR) is 97.7 cm³/mol. The van der Waals surface area contributed by atoms with Gasteiger partial charge in [-0.2, -0.15) is 0 Å². The Bertz CT molecular complexity index is 903. The summed E-state index contributed by atoms with van der Waals surface area (Å²) in [6.07, 6.45) is 7.17. The van der Waals surface area contributed by atoms with Crippen molar-refractivity contribution in [3.05, 3.63) is 54.6 Å². The smallest absolute Gasteiger partial charge is 0.328 e. The summed E-state index contributed by atoms with van der Waals surface area (Å²) < 4.78 is 6.22. The first-order valence-electron chi connectivity index (χ1n) is 8.98. The minimum atomic E-state index is -1.87. The topological polar surface area (TPSA) is 105 Å². The second kappa shape index (κ2) is 6.33. The molecule has 0 radical (unpaired) electrons. The van der Waals surface area contributed by atoms with E-state index < -0.39 is 40.9 Å². The van der Waals surface area contributed by atoms with Crippen LogP contribution in [-0.2, 0) is 14.4 Å². The molecular weight excluding hydrogens is 362 g/mol. The van der Waals surface area contributed by atoms with Crippen molar-refractivity contribution in [3.8, 4) is 5.75 Å². The fourth-order valence-electron chi connectivity index (χ4n) is 4.04. The van der Waals surface area contributed by atoms with Gasteiger partial charge in [-0.1, -0.05) is 43.4 Å². The number of nitrogens with one attached hydrogen (secondary N) is 2. The number of carbonyl (C=O) groups excluding carboxylic acids is 4. The second-order valence-corrected chi connectivity index (χ2v) is 7.13. The Morgan fingerprint density at radius 1 is 1.04 bits per heavy atom. The van der Waals surface area contributed by atoms with E-state index in [2.05, 4.69) is 10.6 Å². The molecule has 2 unspecified atom stereocenters. The van der Waals surface area contributed by atoms with Gasteiger partial charge < -0.3 is 4.74 Å². The maximum Gasteiger partial charge on any atom is 0.328 e. The fraction of sp³-hybridized carbons (Fsp3) is 0.300. The summed E-state index contributed by atoms with van der Waals surface area (Å²) in [5.74, 6) is -2.15. The third-order valence-electron chi connectivity index (χ3n) is 5.26. The minimum absolute atomic E-state index is 0.0474. The van der Waals surface area contributed by atoms with E-state index in [9.17, 15) is 19.2 Å². The number of para-hydroxylation sites is 1. The number of ether oxygens (including phenoxy) is 1. The monoisotopic (exact) mass is 381 g/mol. The lowest BCUT2D eigenvalue weighted by molar-refractivity contribution is -0.169. The van der Waals surface area contributed by atoms with Crippen molar-refractivity contribution in [2.24, 2.45) is 5.92 Å². The highest BCUT2D eigenvalue weighted by Crippen LogP contribution is 2.44. The van der Waals surface area contributed by atoms with Crippen LogP contribution in [0, 0.1) is 5.92 Å². The Morgan fingerprint density at radius 3 is 2.32 bits per heavy atom. The van der Waals surface area contributed by atoms with Crippen LogP contribution in [0.25, 0.3) is 0 Å². The number of benzene rings is 1. The largest absolute Gasteiger partial charge is 0.464 e. The molecular formula is C20H19N3O5. The summed E-state index contributed by atoms with van der Waals surface area (Å²) in [7, 11) is 0. The average Bonchev–Trinajstić information content (AvgIpc) is 2.94. The molecule has 1 aromatic rings. The van der Waals surface area contributed by atoms with E-state index >= 15 is 0 Å². The molecule has 0 bridgehead atoms. The van der Waals surface area contributed by atoms with E-state index in [1.807, 2.05) is 6.07 Å². The number of carbonyl (C=O) groups is 4. The Hall–Kier alpha value is -3.42. The van der Waals surface area contributed by atoms with Crippen LogP contribution in [0.4, 0.5) is 4.79 Å². The van der Waals surface area contributed by atoms with Crippen LogP contribution < -0.4 is 15.4 Å². The maximum absolute atomic E-state index is 13.2. The molecule has 144 valence electrons. The van der Waals surface area contributed by atoms with Gasteiger partial charge in [0.2, 0.25) is 17.2 Å². The van der Waals surface area contributed by atoms with Crippen LogP contribution in [0.5, 0.6) is 5.75 Å². The van der Waals surface area contributed by atoms with Crippen molar-refractivity contribution in [2.75, 3.05) is 0 Å². The van der Waals surface area contributed by atoms with E-state index in [1.165, 1.54) is 4.90 Å². The van der Waals surface area contributed by atoms with Gasteiger partial charge in [0.05, 0.1) is 0 Å². The Labute approximate surface area is 161 Å². The van der Waals surface area contributed by atoms with Crippen LogP contribution in [-0.4, -0.2) is 39.9 Å². The molecule has 3 aliphatic rings. The zero-order valence-corrected chi connectivity index (χ0v) is 15.2. The quantitative estimate of drug-likeness (QED) is 0.767.